The van der Waals surface area contributed by atoms with Gasteiger partial charge in [-0.2, -0.15) is 0 Å². The van der Waals surface area contributed by atoms with Crippen LogP contribution in [0, 0.1) is 29.1 Å². The summed E-state index contributed by atoms with van der Waals surface area (Å²) in [6, 6.07) is 32.3. The molecule has 200 valence electrons. The van der Waals surface area contributed by atoms with Gasteiger partial charge in [-0.25, -0.2) is 36.9 Å². The van der Waals surface area contributed by atoms with E-state index in [4.69, 9.17) is 4.98 Å². The van der Waals surface area contributed by atoms with Crippen molar-refractivity contribution in [3.63, 3.8) is 0 Å². The molecule has 0 aliphatic carbocycles. The van der Waals surface area contributed by atoms with E-state index in [1.807, 2.05) is 84.9 Å². The maximum absolute atomic E-state index is 14.4. The third-order valence-corrected chi connectivity index (χ3v) is 6.54. The molecule has 3 nitrogen and oxygen atoms in total. The highest BCUT2D eigenvalue weighted by Gasteiger charge is 2.26. The molecule has 6 rings (SSSR count). The molecule has 0 fully saturated rings. The fourth-order valence-corrected chi connectivity index (χ4v) is 4.46. The minimum atomic E-state index is -2.21. The van der Waals surface area contributed by atoms with Crippen molar-refractivity contribution in [1.29, 1.82) is 0 Å². The molecule has 6 aromatic rings. The Morgan fingerprint density at radius 3 is 1.27 bits per heavy atom. The SMILES string of the molecule is Fc1c(F)c(F)c(-c2ccc(-c3nc(-c4ccccc4)nc(-c4cccc(-c5ccccc5)c4)n3)cc2)c(F)c1F. The van der Waals surface area contributed by atoms with E-state index in [1.54, 1.807) is 0 Å². The highest BCUT2D eigenvalue weighted by Crippen LogP contribution is 2.33. The first-order valence-electron chi connectivity index (χ1n) is 12.5. The Balaban J connectivity index is 1.46. The molecule has 41 heavy (non-hydrogen) atoms. The normalized spacial score (nSPS) is 11.0. The number of benzene rings is 5. The van der Waals surface area contributed by atoms with E-state index in [2.05, 4.69) is 9.97 Å². The number of hydrogen-bond donors (Lipinski definition) is 0. The molecular weight excluding hydrogens is 533 g/mol. The lowest BCUT2D eigenvalue weighted by Crippen LogP contribution is -2.04. The monoisotopic (exact) mass is 551 g/mol. The first kappa shape index (κ1) is 26.0. The van der Waals surface area contributed by atoms with Crippen LogP contribution in [0.5, 0.6) is 0 Å². The molecule has 0 radical (unpaired) electrons. The van der Waals surface area contributed by atoms with Crippen LogP contribution in [0.2, 0.25) is 0 Å². The topological polar surface area (TPSA) is 38.7 Å². The Morgan fingerprint density at radius 1 is 0.317 bits per heavy atom. The van der Waals surface area contributed by atoms with Crippen molar-refractivity contribution in [2.45, 2.75) is 0 Å². The van der Waals surface area contributed by atoms with Crippen LogP contribution in [0.1, 0.15) is 0 Å². The maximum atomic E-state index is 14.4. The van der Waals surface area contributed by atoms with Gasteiger partial charge in [-0.05, 0) is 22.8 Å². The van der Waals surface area contributed by atoms with Crippen molar-refractivity contribution in [2.24, 2.45) is 0 Å². The Hall–Kier alpha value is -5.24. The summed E-state index contributed by atoms with van der Waals surface area (Å²) >= 11 is 0. The second-order valence-corrected chi connectivity index (χ2v) is 9.14. The number of aromatic nitrogens is 3. The first-order chi connectivity index (χ1) is 19.9. The second-order valence-electron chi connectivity index (χ2n) is 9.14. The van der Waals surface area contributed by atoms with Gasteiger partial charge in [0.25, 0.3) is 0 Å². The number of rotatable bonds is 5. The van der Waals surface area contributed by atoms with Gasteiger partial charge >= 0.3 is 0 Å². The van der Waals surface area contributed by atoms with E-state index >= 15 is 0 Å². The Labute approximate surface area is 231 Å². The summed E-state index contributed by atoms with van der Waals surface area (Å²) in [5.74, 6) is -8.95. The van der Waals surface area contributed by atoms with Gasteiger partial charge < -0.3 is 0 Å². The van der Waals surface area contributed by atoms with Crippen molar-refractivity contribution in [2.75, 3.05) is 0 Å². The fraction of sp³-hybridized carbons (Fsp3) is 0. The lowest BCUT2D eigenvalue weighted by Gasteiger charge is -2.11. The molecule has 0 aliphatic heterocycles. The van der Waals surface area contributed by atoms with Crippen molar-refractivity contribution in [3.05, 3.63) is 138 Å². The molecule has 0 N–H and O–H groups in total. The predicted molar refractivity (Wildman–Crippen MR) is 147 cm³/mol. The van der Waals surface area contributed by atoms with Crippen LogP contribution < -0.4 is 0 Å². The number of nitrogens with zero attached hydrogens (tertiary/aromatic N) is 3. The molecule has 1 heterocycles. The zero-order valence-corrected chi connectivity index (χ0v) is 21.1. The fourth-order valence-electron chi connectivity index (χ4n) is 4.46. The number of halogens is 5. The molecule has 1 aromatic heterocycles. The average molecular weight is 552 g/mol. The molecule has 0 saturated carbocycles. The van der Waals surface area contributed by atoms with Gasteiger partial charge in [0.05, 0.1) is 5.56 Å². The summed E-state index contributed by atoms with van der Waals surface area (Å²) in [7, 11) is 0. The van der Waals surface area contributed by atoms with E-state index < -0.39 is 34.6 Å². The van der Waals surface area contributed by atoms with Crippen molar-refractivity contribution < 1.29 is 22.0 Å². The molecule has 8 heteroatoms. The van der Waals surface area contributed by atoms with Gasteiger partial charge in [-0.3, -0.25) is 0 Å². The van der Waals surface area contributed by atoms with E-state index in [9.17, 15) is 22.0 Å². The van der Waals surface area contributed by atoms with Crippen molar-refractivity contribution in [1.82, 2.24) is 15.0 Å². The van der Waals surface area contributed by atoms with Gasteiger partial charge in [0.15, 0.2) is 40.7 Å². The van der Waals surface area contributed by atoms with Gasteiger partial charge in [-0.15, -0.1) is 0 Å². The van der Waals surface area contributed by atoms with Gasteiger partial charge in [0, 0.05) is 16.7 Å². The minimum Gasteiger partial charge on any atom is -0.208 e. The standard InChI is InChI=1S/C33H18F5N3/c34-26-25(27(35)29(37)30(38)28(26)36)20-14-16-22(17-15-20)32-39-31(21-10-5-2-6-11-21)40-33(41-32)24-13-7-12-23(18-24)19-8-3-1-4-9-19/h1-18H. The Bertz CT molecular complexity index is 1850. The molecule has 0 amide bonds. The van der Waals surface area contributed by atoms with Gasteiger partial charge in [0.1, 0.15) is 0 Å². The quantitative estimate of drug-likeness (QED) is 0.122. The smallest absolute Gasteiger partial charge is 0.200 e. The van der Waals surface area contributed by atoms with Crippen molar-refractivity contribution in [3.8, 4) is 56.4 Å². The van der Waals surface area contributed by atoms with Crippen LogP contribution in [-0.4, -0.2) is 15.0 Å². The third kappa shape index (κ3) is 4.96. The zero-order valence-electron chi connectivity index (χ0n) is 21.1. The van der Waals surface area contributed by atoms with E-state index in [1.165, 1.54) is 24.3 Å². The molecule has 5 aromatic carbocycles. The van der Waals surface area contributed by atoms with Crippen LogP contribution in [0.15, 0.2) is 109 Å². The first-order valence-corrected chi connectivity index (χ1v) is 12.5. The van der Waals surface area contributed by atoms with Gasteiger partial charge in [0.2, 0.25) is 5.82 Å². The molecule has 0 saturated heterocycles. The summed E-state index contributed by atoms with van der Waals surface area (Å²) in [5.41, 5.74) is 2.74. The molecular formula is C33H18F5N3. The third-order valence-electron chi connectivity index (χ3n) is 6.54. The zero-order chi connectivity index (χ0) is 28.5. The van der Waals surface area contributed by atoms with Crippen LogP contribution in [0.25, 0.3) is 56.4 Å². The Kier molecular flexibility index (Phi) is 6.81. The minimum absolute atomic E-state index is 0.185. The second kappa shape index (κ2) is 10.7. The van der Waals surface area contributed by atoms with Crippen molar-refractivity contribution >= 4 is 0 Å². The summed E-state index contributed by atoms with van der Waals surface area (Å²) in [6.07, 6.45) is 0. The lowest BCUT2D eigenvalue weighted by atomic mass is 10.0. The Morgan fingerprint density at radius 2 is 0.707 bits per heavy atom. The molecule has 0 spiro atoms. The van der Waals surface area contributed by atoms with E-state index in [-0.39, 0.29) is 11.4 Å². The molecule has 0 unspecified atom stereocenters. The van der Waals surface area contributed by atoms with E-state index in [0.29, 0.717) is 17.2 Å². The molecule has 0 atom stereocenters. The largest absolute Gasteiger partial charge is 0.208 e. The summed E-state index contributed by atoms with van der Waals surface area (Å²) < 4.78 is 69.9. The van der Waals surface area contributed by atoms with E-state index in [0.717, 1.165) is 22.3 Å². The van der Waals surface area contributed by atoms with Gasteiger partial charge in [-0.1, -0.05) is 103 Å². The predicted octanol–water partition coefficient (Wildman–Crippen LogP) is 8.90. The van der Waals surface area contributed by atoms with Crippen LogP contribution in [0.4, 0.5) is 22.0 Å². The average Bonchev–Trinajstić information content (AvgIpc) is 3.04. The summed E-state index contributed by atoms with van der Waals surface area (Å²) in [4.78, 5) is 14.0. The summed E-state index contributed by atoms with van der Waals surface area (Å²) in [5, 5.41) is 0. The molecule has 0 bridgehead atoms. The maximum Gasteiger partial charge on any atom is 0.200 e. The van der Waals surface area contributed by atoms with Crippen LogP contribution in [0.3, 0.4) is 0 Å². The highest BCUT2D eigenvalue weighted by atomic mass is 19.2. The summed E-state index contributed by atoms with van der Waals surface area (Å²) in [6.45, 7) is 0. The molecule has 0 aliphatic rings. The van der Waals surface area contributed by atoms with Crippen LogP contribution in [-0.2, 0) is 0 Å². The number of hydrogen-bond acceptors (Lipinski definition) is 3. The van der Waals surface area contributed by atoms with Crippen LogP contribution >= 0.6 is 0 Å². The highest BCUT2D eigenvalue weighted by molar-refractivity contribution is 5.73. The lowest BCUT2D eigenvalue weighted by molar-refractivity contribution is 0.381.